The van der Waals surface area contributed by atoms with Gasteiger partial charge in [0.05, 0.1) is 11.9 Å². The summed E-state index contributed by atoms with van der Waals surface area (Å²) in [6.45, 7) is 2.13. The average molecular weight is 296 g/mol. The van der Waals surface area contributed by atoms with Crippen LogP contribution in [0.2, 0.25) is 0 Å². The molecule has 0 bridgehead atoms. The summed E-state index contributed by atoms with van der Waals surface area (Å²) in [6, 6.07) is 12.9. The van der Waals surface area contributed by atoms with Crippen LogP contribution in [0.1, 0.15) is 19.3 Å². The second kappa shape index (κ2) is 6.93. The Hall–Kier alpha value is -2.56. The fraction of sp³-hybridized carbons (Fsp3) is 0.294. The Morgan fingerprint density at radius 1 is 0.909 bits per heavy atom. The van der Waals surface area contributed by atoms with Crippen molar-refractivity contribution in [1.29, 1.82) is 0 Å². The van der Waals surface area contributed by atoms with Gasteiger partial charge in [0.25, 0.3) is 0 Å². The van der Waals surface area contributed by atoms with Crippen molar-refractivity contribution in [1.82, 2.24) is 4.98 Å². The zero-order valence-electron chi connectivity index (χ0n) is 12.5. The first kappa shape index (κ1) is 14.4. The number of urea groups is 1. The third-order valence-corrected chi connectivity index (χ3v) is 3.72. The molecule has 2 amide bonds. The van der Waals surface area contributed by atoms with Gasteiger partial charge in [-0.05, 0) is 43.5 Å². The van der Waals surface area contributed by atoms with Gasteiger partial charge in [0.2, 0.25) is 0 Å². The van der Waals surface area contributed by atoms with Crippen molar-refractivity contribution in [3.05, 3.63) is 48.7 Å². The van der Waals surface area contributed by atoms with Crippen molar-refractivity contribution >= 4 is 23.2 Å². The van der Waals surface area contributed by atoms with Gasteiger partial charge in [-0.1, -0.05) is 18.2 Å². The van der Waals surface area contributed by atoms with Gasteiger partial charge in [-0.15, -0.1) is 0 Å². The summed E-state index contributed by atoms with van der Waals surface area (Å²) >= 11 is 0. The SMILES string of the molecule is O=C(Nc1ccccc1)Nc1ccc(N2CCCCC2)nc1. The van der Waals surface area contributed by atoms with Crippen LogP contribution < -0.4 is 15.5 Å². The van der Waals surface area contributed by atoms with Gasteiger partial charge in [-0.2, -0.15) is 0 Å². The van der Waals surface area contributed by atoms with E-state index in [0.29, 0.717) is 5.69 Å². The number of piperidine rings is 1. The first-order valence-electron chi connectivity index (χ1n) is 7.65. The molecule has 1 aliphatic heterocycles. The van der Waals surface area contributed by atoms with Gasteiger partial charge in [0, 0.05) is 18.8 Å². The highest BCUT2D eigenvalue weighted by Gasteiger charge is 2.12. The molecule has 0 saturated carbocycles. The number of rotatable bonds is 3. The number of benzene rings is 1. The average Bonchev–Trinajstić information content (AvgIpc) is 2.57. The molecule has 3 rings (SSSR count). The lowest BCUT2D eigenvalue weighted by Crippen LogP contribution is -2.30. The molecule has 2 heterocycles. The topological polar surface area (TPSA) is 57.3 Å². The Bertz CT molecular complexity index is 606. The molecule has 5 heteroatoms. The van der Waals surface area contributed by atoms with E-state index in [1.807, 2.05) is 42.5 Å². The number of aromatic nitrogens is 1. The smallest absolute Gasteiger partial charge is 0.323 e. The molecular weight excluding hydrogens is 276 g/mol. The zero-order valence-corrected chi connectivity index (χ0v) is 12.5. The molecule has 22 heavy (non-hydrogen) atoms. The summed E-state index contributed by atoms with van der Waals surface area (Å²) in [4.78, 5) is 18.6. The maximum atomic E-state index is 11.9. The normalized spacial score (nSPS) is 14.5. The molecule has 1 aromatic heterocycles. The Morgan fingerprint density at radius 3 is 2.32 bits per heavy atom. The van der Waals surface area contributed by atoms with E-state index in [-0.39, 0.29) is 6.03 Å². The summed E-state index contributed by atoms with van der Waals surface area (Å²) in [6.07, 6.45) is 5.45. The third-order valence-electron chi connectivity index (χ3n) is 3.72. The fourth-order valence-corrected chi connectivity index (χ4v) is 2.58. The molecule has 5 nitrogen and oxygen atoms in total. The van der Waals surface area contributed by atoms with E-state index >= 15 is 0 Å². The highest BCUT2D eigenvalue weighted by Crippen LogP contribution is 2.19. The second-order valence-corrected chi connectivity index (χ2v) is 5.40. The molecule has 0 aliphatic carbocycles. The molecule has 0 radical (unpaired) electrons. The molecular formula is C17H20N4O. The van der Waals surface area contributed by atoms with Gasteiger partial charge >= 0.3 is 6.03 Å². The van der Waals surface area contributed by atoms with Crippen molar-refractivity contribution in [3.8, 4) is 0 Å². The number of nitrogens with one attached hydrogen (secondary N) is 2. The monoisotopic (exact) mass is 296 g/mol. The van der Waals surface area contributed by atoms with Crippen LogP contribution in [-0.4, -0.2) is 24.1 Å². The van der Waals surface area contributed by atoms with Gasteiger partial charge in [-0.3, -0.25) is 0 Å². The van der Waals surface area contributed by atoms with Crippen molar-refractivity contribution in [2.75, 3.05) is 28.6 Å². The summed E-state index contributed by atoms with van der Waals surface area (Å²) in [5, 5.41) is 5.57. The minimum atomic E-state index is -0.265. The summed E-state index contributed by atoms with van der Waals surface area (Å²) in [5.74, 6) is 0.980. The van der Waals surface area contributed by atoms with Crippen molar-refractivity contribution in [2.45, 2.75) is 19.3 Å². The minimum Gasteiger partial charge on any atom is -0.357 e. The molecule has 1 saturated heterocycles. The molecule has 0 spiro atoms. The number of hydrogen-bond acceptors (Lipinski definition) is 3. The minimum absolute atomic E-state index is 0.265. The highest BCUT2D eigenvalue weighted by molar-refractivity contribution is 5.99. The predicted octanol–water partition coefficient (Wildman–Crippen LogP) is 3.72. The standard InChI is InChI=1S/C17H20N4O/c22-17(19-14-7-3-1-4-8-14)20-15-9-10-16(18-13-15)21-11-5-2-6-12-21/h1,3-4,7-10,13H,2,5-6,11-12H2,(H2,19,20,22). The van der Waals surface area contributed by atoms with Gasteiger partial charge in [-0.25, -0.2) is 9.78 Å². The molecule has 1 aliphatic rings. The number of carbonyl (C=O) groups is 1. The number of amides is 2. The predicted molar refractivity (Wildman–Crippen MR) is 89.4 cm³/mol. The number of carbonyl (C=O) groups excluding carboxylic acids is 1. The number of hydrogen-bond donors (Lipinski definition) is 2. The highest BCUT2D eigenvalue weighted by atomic mass is 16.2. The summed E-state index contributed by atoms with van der Waals surface area (Å²) in [7, 11) is 0. The lowest BCUT2D eigenvalue weighted by Gasteiger charge is -2.27. The summed E-state index contributed by atoms with van der Waals surface area (Å²) in [5.41, 5.74) is 1.45. The number of para-hydroxylation sites is 1. The summed E-state index contributed by atoms with van der Waals surface area (Å²) < 4.78 is 0. The van der Waals surface area contributed by atoms with E-state index < -0.39 is 0 Å². The van der Waals surface area contributed by atoms with E-state index in [1.165, 1.54) is 19.3 Å². The number of nitrogens with zero attached hydrogens (tertiary/aromatic N) is 2. The molecule has 1 aromatic carbocycles. The lowest BCUT2D eigenvalue weighted by atomic mass is 10.1. The van der Waals surface area contributed by atoms with Crippen molar-refractivity contribution < 1.29 is 4.79 Å². The van der Waals surface area contributed by atoms with Crippen LogP contribution in [0.5, 0.6) is 0 Å². The Labute approximate surface area is 130 Å². The number of pyridine rings is 1. The first-order valence-corrected chi connectivity index (χ1v) is 7.65. The maximum absolute atomic E-state index is 11.9. The molecule has 2 N–H and O–H groups in total. The van der Waals surface area contributed by atoms with Gasteiger partial charge < -0.3 is 15.5 Å². The van der Waals surface area contributed by atoms with Crippen LogP contribution >= 0.6 is 0 Å². The maximum Gasteiger partial charge on any atom is 0.323 e. The first-order chi connectivity index (χ1) is 10.8. The fourth-order valence-electron chi connectivity index (χ4n) is 2.58. The van der Waals surface area contributed by atoms with Crippen LogP contribution in [0.25, 0.3) is 0 Å². The van der Waals surface area contributed by atoms with E-state index in [4.69, 9.17) is 0 Å². The zero-order chi connectivity index (χ0) is 15.2. The Kier molecular flexibility index (Phi) is 4.53. The van der Waals surface area contributed by atoms with E-state index in [1.54, 1.807) is 6.20 Å². The molecule has 0 atom stereocenters. The molecule has 0 unspecified atom stereocenters. The molecule has 1 fully saturated rings. The molecule has 2 aromatic rings. The van der Waals surface area contributed by atoms with E-state index in [9.17, 15) is 4.79 Å². The third kappa shape index (κ3) is 3.75. The van der Waals surface area contributed by atoms with E-state index in [0.717, 1.165) is 24.6 Å². The number of anilines is 3. The van der Waals surface area contributed by atoms with E-state index in [2.05, 4.69) is 20.5 Å². The van der Waals surface area contributed by atoms with Crippen LogP contribution in [0.15, 0.2) is 48.7 Å². The second-order valence-electron chi connectivity index (χ2n) is 5.40. The lowest BCUT2D eigenvalue weighted by molar-refractivity contribution is 0.262. The van der Waals surface area contributed by atoms with Crippen LogP contribution in [-0.2, 0) is 0 Å². The largest absolute Gasteiger partial charge is 0.357 e. The van der Waals surface area contributed by atoms with Crippen LogP contribution in [0.4, 0.5) is 22.0 Å². The molecule has 114 valence electrons. The Balaban J connectivity index is 1.57. The van der Waals surface area contributed by atoms with Crippen LogP contribution in [0.3, 0.4) is 0 Å². The van der Waals surface area contributed by atoms with Crippen LogP contribution in [0, 0.1) is 0 Å². The van der Waals surface area contributed by atoms with Crippen molar-refractivity contribution in [2.24, 2.45) is 0 Å². The van der Waals surface area contributed by atoms with Crippen molar-refractivity contribution in [3.63, 3.8) is 0 Å². The quantitative estimate of drug-likeness (QED) is 0.907. The van der Waals surface area contributed by atoms with Gasteiger partial charge in [0.1, 0.15) is 5.82 Å². The Morgan fingerprint density at radius 2 is 1.64 bits per heavy atom. The van der Waals surface area contributed by atoms with Gasteiger partial charge in [0.15, 0.2) is 0 Å².